The lowest BCUT2D eigenvalue weighted by Crippen LogP contribution is -2.43. The number of anilines is 1. The molecule has 134 valence electrons. The molecule has 0 fully saturated rings. The number of nitrogens with zero attached hydrogens (tertiary/aromatic N) is 1. The minimum Gasteiger partial charge on any atom is -0.336 e. The lowest BCUT2D eigenvalue weighted by Gasteiger charge is -2.25. The first-order chi connectivity index (χ1) is 12.6. The molecule has 3 aromatic rings. The van der Waals surface area contributed by atoms with Crippen LogP contribution in [-0.4, -0.2) is 37.6 Å². The normalized spacial score (nSPS) is 12.1. The highest BCUT2D eigenvalue weighted by Gasteiger charge is 2.15. The molecule has 4 heteroatoms. The van der Waals surface area contributed by atoms with E-state index in [1.54, 1.807) is 0 Å². The maximum absolute atomic E-state index is 12.2. The number of rotatable bonds is 6. The molecular formula is C22H25N3O. The smallest absolute Gasteiger partial charge is 0.319 e. The number of carbonyl (C=O) groups excluding carboxylic acids is 1. The number of hydrogen-bond donors (Lipinski definition) is 2. The van der Waals surface area contributed by atoms with Crippen LogP contribution in [0.1, 0.15) is 5.56 Å². The third kappa shape index (κ3) is 4.61. The van der Waals surface area contributed by atoms with E-state index in [1.165, 1.54) is 16.3 Å². The summed E-state index contributed by atoms with van der Waals surface area (Å²) in [6.45, 7) is 0.578. The number of hydrogen-bond acceptors (Lipinski definition) is 2. The van der Waals surface area contributed by atoms with Gasteiger partial charge in [-0.2, -0.15) is 0 Å². The Morgan fingerprint density at radius 2 is 1.62 bits per heavy atom. The molecule has 0 saturated heterocycles. The molecule has 2 N–H and O–H groups in total. The van der Waals surface area contributed by atoms with Crippen LogP contribution in [-0.2, 0) is 6.42 Å². The van der Waals surface area contributed by atoms with Gasteiger partial charge in [-0.05, 0) is 49.0 Å². The van der Waals surface area contributed by atoms with Crippen LogP contribution in [0.3, 0.4) is 0 Å². The van der Waals surface area contributed by atoms with E-state index < -0.39 is 0 Å². The van der Waals surface area contributed by atoms with Gasteiger partial charge in [0.15, 0.2) is 0 Å². The number of carbonyl (C=O) groups is 1. The molecule has 2 amide bonds. The third-order valence-corrected chi connectivity index (χ3v) is 4.60. The molecule has 0 aromatic heterocycles. The molecule has 1 atom stereocenters. The quantitative estimate of drug-likeness (QED) is 0.704. The highest BCUT2D eigenvalue weighted by Crippen LogP contribution is 2.20. The molecule has 0 radical (unpaired) electrons. The second kappa shape index (κ2) is 8.50. The zero-order valence-electron chi connectivity index (χ0n) is 15.3. The van der Waals surface area contributed by atoms with Crippen molar-refractivity contribution >= 4 is 22.5 Å². The molecule has 0 bridgehead atoms. The van der Waals surface area contributed by atoms with Crippen LogP contribution < -0.4 is 10.6 Å². The van der Waals surface area contributed by atoms with Crippen LogP contribution in [0.5, 0.6) is 0 Å². The first kappa shape index (κ1) is 18.0. The van der Waals surface area contributed by atoms with Crippen molar-refractivity contribution in [1.82, 2.24) is 10.2 Å². The minimum atomic E-state index is -0.180. The van der Waals surface area contributed by atoms with Crippen molar-refractivity contribution in [3.8, 4) is 0 Å². The van der Waals surface area contributed by atoms with Crippen LogP contribution in [0, 0.1) is 0 Å². The zero-order chi connectivity index (χ0) is 18.4. The summed E-state index contributed by atoms with van der Waals surface area (Å²) in [6.07, 6.45) is 0.875. The van der Waals surface area contributed by atoms with Crippen LogP contribution in [0.15, 0.2) is 72.8 Å². The summed E-state index contributed by atoms with van der Waals surface area (Å²) in [5, 5.41) is 8.37. The first-order valence-electron chi connectivity index (χ1n) is 8.86. The standard InChI is InChI=1S/C22H25N3O/c1-25(2)20(16-23-22(26)24-19-12-4-3-5-13-19)15-18-11-8-10-17-9-6-7-14-21(17)18/h3-14,20H,15-16H2,1-2H3,(H2,23,24,26)/t20-/m0/s1. The lowest BCUT2D eigenvalue weighted by atomic mass is 9.98. The van der Waals surface area contributed by atoms with Gasteiger partial charge in [-0.3, -0.25) is 0 Å². The van der Waals surface area contributed by atoms with Crippen LogP contribution >= 0.6 is 0 Å². The molecule has 0 spiro atoms. The van der Waals surface area contributed by atoms with Crippen LogP contribution in [0.25, 0.3) is 10.8 Å². The van der Waals surface area contributed by atoms with E-state index in [1.807, 2.05) is 44.4 Å². The van der Waals surface area contributed by atoms with E-state index >= 15 is 0 Å². The van der Waals surface area contributed by atoms with Crippen LogP contribution in [0.4, 0.5) is 10.5 Å². The van der Waals surface area contributed by atoms with Gasteiger partial charge in [0.05, 0.1) is 0 Å². The zero-order valence-corrected chi connectivity index (χ0v) is 15.3. The molecule has 0 unspecified atom stereocenters. The number of likely N-dealkylation sites (N-methyl/N-ethyl adjacent to an activating group) is 1. The second-order valence-electron chi connectivity index (χ2n) is 6.66. The summed E-state index contributed by atoms with van der Waals surface area (Å²) in [6, 6.07) is 24.3. The Balaban J connectivity index is 1.65. The molecule has 3 aromatic carbocycles. The van der Waals surface area contributed by atoms with Gasteiger partial charge < -0.3 is 15.5 Å². The molecule has 0 heterocycles. The number of benzene rings is 3. The maximum Gasteiger partial charge on any atom is 0.319 e. The summed E-state index contributed by atoms with van der Waals surface area (Å²) in [4.78, 5) is 14.3. The fourth-order valence-corrected chi connectivity index (χ4v) is 3.07. The monoisotopic (exact) mass is 347 g/mol. The Morgan fingerprint density at radius 3 is 2.38 bits per heavy atom. The second-order valence-corrected chi connectivity index (χ2v) is 6.66. The van der Waals surface area contributed by atoms with Crippen molar-refractivity contribution in [2.75, 3.05) is 26.0 Å². The van der Waals surface area contributed by atoms with Crippen molar-refractivity contribution in [2.45, 2.75) is 12.5 Å². The predicted molar refractivity (Wildman–Crippen MR) is 109 cm³/mol. The van der Waals surface area contributed by atoms with E-state index in [-0.39, 0.29) is 12.1 Å². The molecule has 0 saturated carbocycles. The predicted octanol–water partition coefficient (Wildman–Crippen LogP) is 4.13. The largest absolute Gasteiger partial charge is 0.336 e. The molecular weight excluding hydrogens is 322 g/mol. The fraction of sp³-hybridized carbons (Fsp3) is 0.227. The Labute approximate surface area is 154 Å². The molecule has 4 nitrogen and oxygen atoms in total. The molecule has 0 aliphatic rings. The number of nitrogens with one attached hydrogen (secondary N) is 2. The highest BCUT2D eigenvalue weighted by atomic mass is 16.2. The van der Waals surface area contributed by atoms with E-state index in [4.69, 9.17) is 0 Å². The van der Waals surface area contributed by atoms with E-state index in [0.29, 0.717) is 6.54 Å². The average Bonchev–Trinajstić information content (AvgIpc) is 2.65. The van der Waals surface area contributed by atoms with Gasteiger partial charge in [-0.1, -0.05) is 60.7 Å². The van der Waals surface area contributed by atoms with Crippen molar-refractivity contribution in [3.05, 3.63) is 78.4 Å². The van der Waals surface area contributed by atoms with Crippen molar-refractivity contribution in [3.63, 3.8) is 0 Å². The number of fused-ring (bicyclic) bond motifs is 1. The number of urea groups is 1. The van der Waals surface area contributed by atoms with Gasteiger partial charge in [0.25, 0.3) is 0 Å². The highest BCUT2D eigenvalue weighted by molar-refractivity contribution is 5.89. The Bertz CT molecular complexity index is 856. The number of amides is 2. The topological polar surface area (TPSA) is 44.4 Å². The summed E-state index contributed by atoms with van der Waals surface area (Å²) in [5.41, 5.74) is 2.09. The van der Waals surface area contributed by atoms with Gasteiger partial charge >= 0.3 is 6.03 Å². The van der Waals surface area contributed by atoms with E-state index in [9.17, 15) is 4.79 Å². The summed E-state index contributed by atoms with van der Waals surface area (Å²) in [5.74, 6) is 0. The van der Waals surface area contributed by atoms with E-state index in [0.717, 1.165) is 12.1 Å². The molecule has 0 aliphatic carbocycles. The van der Waals surface area contributed by atoms with Gasteiger partial charge in [-0.15, -0.1) is 0 Å². The summed E-state index contributed by atoms with van der Waals surface area (Å²) >= 11 is 0. The van der Waals surface area contributed by atoms with Crippen LogP contribution in [0.2, 0.25) is 0 Å². The van der Waals surface area contributed by atoms with Gasteiger partial charge in [0.2, 0.25) is 0 Å². The van der Waals surface area contributed by atoms with Gasteiger partial charge in [0, 0.05) is 18.3 Å². The molecule has 0 aliphatic heterocycles. The summed E-state index contributed by atoms with van der Waals surface area (Å²) in [7, 11) is 4.10. The third-order valence-electron chi connectivity index (χ3n) is 4.60. The molecule has 26 heavy (non-hydrogen) atoms. The van der Waals surface area contributed by atoms with E-state index in [2.05, 4.69) is 58.0 Å². The van der Waals surface area contributed by atoms with Crippen molar-refractivity contribution < 1.29 is 4.79 Å². The SMILES string of the molecule is CN(C)[C@H](CNC(=O)Nc1ccccc1)Cc1cccc2ccccc12. The fourth-order valence-electron chi connectivity index (χ4n) is 3.07. The van der Waals surface area contributed by atoms with Crippen molar-refractivity contribution in [2.24, 2.45) is 0 Å². The van der Waals surface area contributed by atoms with Gasteiger partial charge in [0.1, 0.15) is 0 Å². The maximum atomic E-state index is 12.2. The number of para-hydroxylation sites is 1. The lowest BCUT2D eigenvalue weighted by molar-refractivity contribution is 0.242. The van der Waals surface area contributed by atoms with Gasteiger partial charge in [-0.25, -0.2) is 4.79 Å². The first-order valence-corrected chi connectivity index (χ1v) is 8.86. The Kier molecular flexibility index (Phi) is 5.87. The minimum absolute atomic E-state index is 0.180. The van der Waals surface area contributed by atoms with Crippen molar-refractivity contribution in [1.29, 1.82) is 0 Å². The average molecular weight is 347 g/mol. The molecule has 3 rings (SSSR count). The Hall–Kier alpha value is -2.85. The summed E-state index contributed by atoms with van der Waals surface area (Å²) < 4.78 is 0. The Morgan fingerprint density at radius 1 is 0.923 bits per heavy atom.